The van der Waals surface area contributed by atoms with E-state index in [9.17, 15) is 0 Å². The summed E-state index contributed by atoms with van der Waals surface area (Å²) in [6, 6.07) is 17.8. The molecule has 0 aliphatic carbocycles. The van der Waals surface area contributed by atoms with E-state index >= 15 is 0 Å². The molecule has 3 rings (SSSR count). The molecule has 1 aliphatic rings. The van der Waals surface area contributed by atoms with Crippen molar-refractivity contribution in [1.29, 1.82) is 0 Å². The fraction of sp³-hybridized carbons (Fsp3) is 0.200. The van der Waals surface area contributed by atoms with Crippen molar-refractivity contribution in [2.24, 2.45) is 0 Å². The molecule has 0 atom stereocenters. The first kappa shape index (κ1) is 10.1. The Hall–Kier alpha value is -1.04. The Kier molecular flexibility index (Phi) is 2.59. The van der Waals surface area contributed by atoms with E-state index in [4.69, 9.17) is 0 Å². The summed E-state index contributed by atoms with van der Waals surface area (Å²) in [6.07, 6.45) is 0. The average molecular weight is 274 g/mol. The van der Waals surface area contributed by atoms with Crippen molar-refractivity contribution < 1.29 is 0 Å². The zero-order chi connectivity index (χ0) is 11.0. The van der Waals surface area contributed by atoms with Gasteiger partial charge in [0.1, 0.15) is 0 Å². The van der Waals surface area contributed by atoms with Crippen LogP contribution in [0.5, 0.6) is 0 Å². The predicted molar refractivity (Wildman–Crippen MR) is 70.9 cm³/mol. The molecule has 0 unspecified atom stereocenters. The van der Waals surface area contributed by atoms with E-state index < -0.39 is 13.9 Å². The van der Waals surface area contributed by atoms with Gasteiger partial charge in [-0.25, -0.2) is 0 Å². The fourth-order valence-corrected chi connectivity index (χ4v) is 5.90. The van der Waals surface area contributed by atoms with Gasteiger partial charge in [-0.3, -0.25) is 0 Å². The SMILES string of the molecule is C[Se+]1Cc2ccccc2-c2ccccc2C1. The van der Waals surface area contributed by atoms with Gasteiger partial charge in [0.25, 0.3) is 0 Å². The Bertz CT molecular complexity index is 469. The van der Waals surface area contributed by atoms with E-state index in [1.807, 2.05) is 0 Å². The van der Waals surface area contributed by atoms with Gasteiger partial charge in [-0.1, -0.05) is 0 Å². The van der Waals surface area contributed by atoms with Crippen LogP contribution < -0.4 is 0 Å². The van der Waals surface area contributed by atoms with Crippen molar-refractivity contribution in [2.45, 2.75) is 16.5 Å². The molecule has 0 spiro atoms. The molecule has 2 aromatic rings. The molecule has 0 radical (unpaired) electrons. The second-order valence-electron chi connectivity index (χ2n) is 4.38. The van der Waals surface area contributed by atoms with Crippen LogP contribution in [0.15, 0.2) is 48.5 Å². The van der Waals surface area contributed by atoms with Crippen molar-refractivity contribution in [1.82, 2.24) is 0 Å². The Labute approximate surface area is 101 Å². The van der Waals surface area contributed by atoms with E-state index in [2.05, 4.69) is 54.4 Å². The Balaban J connectivity index is 2.26. The first-order valence-electron chi connectivity index (χ1n) is 5.60. The second kappa shape index (κ2) is 4.08. The summed E-state index contributed by atoms with van der Waals surface area (Å²) >= 11 is -0.478. The van der Waals surface area contributed by atoms with Gasteiger partial charge in [0, 0.05) is 0 Å². The summed E-state index contributed by atoms with van der Waals surface area (Å²) in [5.74, 6) is 2.47. The summed E-state index contributed by atoms with van der Waals surface area (Å²) in [6.45, 7) is 0. The van der Waals surface area contributed by atoms with Crippen molar-refractivity contribution in [3.05, 3.63) is 59.7 Å². The minimum absolute atomic E-state index is 0.478. The van der Waals surface area contributed by atoms with Crippen LogP contribution in [0, 0.1) is 0 Å². The van der Waals surface area contributed by atoms with Gasteiger partial charge in [0.2, 0.25) is 0 Å². The molecule has 0 saturated carbocycles. The fourth-order valence-electron chi connectivity index (χ4n) is 2.40. The molecule has 80 valence electrons. The summed E-state index contributed by atoms with van der Waals surface area (Å²) < 4.78 is 0. The van der Waals surface area contributed by atoms with Crippen LogP contribution in [0.25, 0.3) is 11.1 Å². The molecule has 1 heteroatoms. The second-order valence-corrected chi connectivity index (χ2v) is 8.87. The molecule has 16 heavy (non-hydrogen) atoms. The van der Waals surface area contributed by atoms with Crippen molar-refractivity contribution in [3.8, 4) is 11.1 Å². The molecule has 0 fully saturated rings. The van der Waals surface area contributed by atoms with Gasteiger partial charge in [-0.2, -0.15) is 0 Å². The molecule has 2 aromatic carbocycles. The van der Waals surface area contributed by atoms with E-state index in [0.29, 0.717) is 0 Å². The number of hydrogen-bond donors (Lipinski definition) is 0. The van der Waals surface area contributed by atoms with Gasteiger partial charge in [0.05, 0.1) is 0 Å². The first-order valence-corrected chi connectivity index (χ1v) is 9.73. The molecular weight excluding hydrogens is 259 g/mol. The quantitative estimate of drug-likeness (QED) is 0.643. The third-order valence-corrected chi connectivity index (χ3v) is 6.50. The molecule has 1 heterocycles. The standard InChI is InChI=1S/C15H15Se/c1-16-10-12-6-2-4-8-14(12)15-9-5-3-7-13(15)11-16/h2-9H,10-11H2,1H3/q+1. The van der Waals surface area contributed by atoms with Crippen molar-refractivity contribution in [3.63, 3.8) is 0 Å². The molecule has 0 N–H and O–H groups in total. The van der Waals surface area contributed by atoms with Crippen LogP contribution in [0.2, 0.25) is 5.82 Å². The van der Waals surface area contributed by atoms with Crippen molar-refractivity contribution >= 4 is 13.9 Å². The van der Waals surface area contributed by atoms with E-state index in [1.165, 1.54) is 21.8 Å². The predicted octanol–water partition coefficient (Wildman–Crippen LogP) is 3.66. The topological polar surface area (TPSA) is 0 Å². The van der Waals surface area contributed by atoms with E-state index in [1.54, 1.807) is 11.1 Å². The van der Waals surface area contributed by atoms with Crippen LogP contribution in [-0.4, -0.2) is 13.9 Å². The van der Waals surface area contributed by atoms with Crippen LogP contribution in [-0.2, 0) is 10.6 Å². The summed E-state index contributed by atoms with van der Waals surface area (Å²) in [7, 11) is 0. The zero-order valence-electron chi connectivity index (χ0n) is 9.44. The number of hydrogen-bond acceptors (Lipinski definition) is 0. The van der Waals surface area contributed by atoms with Crippen LogP contribution in [0.1, 0.15) is 11.1 Å². The van der Waals surface area contributed by atoms with Gasteiger partial charge in [-0.15, -0.1) is 0 Å². The minimum atomic E-state index is -0.478. The molecule has 0 saturated heterocycles. The van der Waals surface area contributed by atoms with Gasteiger partial charge < -0.3 is 0 Å². The summed E-state index contributed by atoms with van der Waals surface area (Å²) in [4.78, 5) is 0. The third-order valence-electron chi connectivity index (χ3n) is 3.13. The van der Waals surface area contributed by atoms with Gasteiger partial charge in [0.15, 0.2) is 0 Å². The van der Waals surface area contributed by atoms with Crippen LogP contribution in [0.4, 0.5) is 0 Å². The Morgan fingerprint density at radius 2 is 1.19 bits per heavy atom. The normalized spacial score (nSPS) is 15.1. The molecule has 0 amide bonds. The monoisotopic (exact) mass is 275 g/mol. The Morgan fingerprint density at radius 1 is 0.750 bits per heavy atom. The molecule has 1 aliphatic heterocycles. The molecule has 0 aromatic heterocycles. The first-order chi connectivity index (χ1) is 7.84. The summed E-state index contributed by atoms with van der Waals surface area (Å²) in [5, 5.41) is 2.65. The van der Waals surface area contributed by atoms with Crippen molar-refractivity contribution in [2.75, 3.05) is 0 Å². The van der Waals surface area contributed by atoms with Gasteiger partial charge >= 0.3 is 101 Å². The zero-order valence-corrected chi connectivity index (χ0v) is 11.2. The summed E-state index contributed by atoms with van der Waals surface area (Å²) in [5.41, 5.74) is 6.04. The van der Waals surface area contributed by atoms with Gasteiger partial charge in [-0.05, 0) is 0 Å². The van der Waals surface area contributed by atoms with Crippen LogP contribution >= 0.6 is 0 Å². The molecule has 0 bridgehead atoms. The molecule has 0 nitrogen and oxygen atoms in total. The van der Waals surface area contributed by atoms with E-state index in [-0.39, 0.29) is 0 Å². The van der Waals surface area contributed by atoms with E-state index in [0.717, 1.165) is 0 Å². The average Bonchev–Trinajstić information content (AvgIpc) is 2.44. The molecular formula is C15H15Se+. The number of benzene rings is 2. The number of rotatable bonds is 0. The maximum absolute atomic E-state index is 2.47. The van der Waals surface area contributed by atoms with Crippen LogP contribution in [0.3, 0.4) is 0 Å². The number of fused-ring (bicyclic) bond motifs is 3. The Morgan fingerprint density at radius 3 is 1.69 bits per heavy atom. The maximum atomic E-state index is 2.47. The third kappa shape index (κ3) is 1.71.